The van der Waals surface area contributed by atoms with Crippen LogP contribution in [-0.4, -0.2) is 12.0 Å². The predicted octanol–water partition coefficient (Wildman–Crippen LogP) is 4.05. The Bertz CT molecular complexity index is 835. The molecule has 0 atom stereocenters. The van der Waals surface area contributed by atoms with E-state index in [-0.39, 0.29) is 17.8 Å². The number of benzene rings is 2. The van der Waals surface area contributed by atoms with Crippen LogP contribution in [0.3, 0.4) is 0 Å². The van der Waals surface area contributed by atoms with E-state index in [0.29, 0.717) is 17.0 Å². The highest BCUT2D eigenvalue weighted by molar-refractivity contribution is 6.10. The molecular weight excluding hydrogens is 292 g/mol. The van der Waals surface area contributed by atoms with Crippen molar-refractivity contribution in [1.29, 1.82) is 0 Å². The Morgan fingerprint density at radius 1 is 1.13 bits per heavy atom. The quantitative estimate of drug-likeness (QED) is 0.762. The second-order valence-corrected chi connectivity index (χ2v) is 5.49. The van der Waals surface area contributed by atoms with Gasteiger partial charge in [-0.05, 0) is 50.2 Å². The summed E-state index contributed by atoms with van der Waals surface area (Å²) >= 11 is 0. The first-order valence-corrected chi connectivity index (χ1v) is 7.39. The van der Waals surface area contributed by atoms with Crippen molar-refractivity contribution in [2.24, 2.45) is 0 Å². The minimum atomic E-state index is -0.378. The Balaban J connectivity index is 1.79. The molecule has 3 N–H and O–H groups in total. The normalized spacial score (nSPS) is 10.9. The van der Waals surface area contributed by atoms with E-state index < -0.39 is 0 Å². The summed E-state index contributed by atoms with van der Waals surface area (Å²) in [4.78, 5) is 12.4. The molecule has 5 nitrogen and oxygen atoms in total. The highest BCUT2D eigenvalue weighted by Crippen LogP contribution is 2.28. The summed E-state index contributed by atoms with van der Waals surface area (Å²) in [6, 6.07) is 14.4. The van der Waals surface area contributed by atoms with E-state index in [4.69, 9.17) is 14.9 Å². The average molecular weight is 310 g/mol. The minimum Gasteiger partial charge on any atom is -0.491 e. The van der Waals surface area contributed by atoms with E-state index in [1.165, 1.54) is 0 Å². The molecule has 0 saturated heterocycles. The summed E-state index contributed by atoms with van der Waals surface area (Å²) in [7, 11) is 0. The zero-order valence-electron chi connectivity index (χ0n) is 13.0. The van der Waals surface area contributed by atoms with Gasteiger partial charge in [-0.25, -0.2) is 0 Å². The number of carbonyl (C=O) groups excluding carboxylic acids is 1. The molecule has 0 unspecified atom stereocenters. The van der Waals surface area contributed by atoms with E-state index in [2.05, 4.69) is 5.32 Å². The first-order valence-electron chi connectivity index (χ1n) is 7.39. The zero-order valence-corrected chi connectivity index (χ0v) is 13.0. The highest BCUT2D eigenvalue weighted by Gasteiger charge is 2.18. The lowest BCUT2D eigenvalue weighted by molar-refractivity contribution is 0.1000. The van der Waals surface area contributed by atoms with Gasteiger partial charge in [-0.3, -0.25) is 4.79 Å². The molecule has 1 aromatic heterocycles. The van der Waals surface area contributed by atoms with Crippen LogP contribution >= 0.6 is 0 Å². The van der Waals surface area contributed by atoms with E-state index in [9.17, 15) is 4.79 Å². The van der Waals surface area contributed by atoms with Gasteiger partial charge in [0.25, 0.3) is 5.91 Å². The number of ether oxygens (including phenoxy) is 1. The van der Waals surface area contributed by atoms with Gasteiger partial charge in [0.1, 0.15) is 11.3 Å². The van der Waals surface area contributed by atoms with E-state index in [1.54, 1.807) is 30.3 Å². The topological polar surface area (TPSA) is 77.5 Å². The lowest BCUT2D eigenvalue weighted by atomic mass is 10.2. The van der Waals surface area contributed by atoms with Crippen LogP contribution in [0.2, 0.25) is 0 Å². The lowest BCUT2D eigenvalue weighted by Crippen LogP contribution is -2.12. The van der Waals surface area contributed by atoms with Crippen molar-refractivity contribution < 1.29 is 13.9 Å². The molecule has 118 valence electrons. The highest BCUT2D eigenvalue weighted by atomic mass is 16.5. The lowest BCUT2D eigenvalue weighted by Gasteiger charge is -2.10. The molecule has 3 rings (SSSR count). The van der Waals surface area contributed by atoms with Crippen molar-refractivity contribution in [3.63, 3.8) is 0 Å². The zero-order chi connectivity index (χ0) is 16.4. The molecular formula is C18H18N2O3. The van der Waals surface area contributed by atoms with Crippen LogP contribution in [-0.2, 0) is 0 Å². The number of amides is 1. The van der Waals surface area contributed by atoms with Crippen molar-refractivity contribution in [1.82, 2.24) is 0 Å². The van der Waals surface area contributed by atoms with Crippen LogP contribution in [0.4, 0.5) is 11.4 Å². The minimum absolute atomic E-state index is 0.103. The molecule has 0 aliphatic heterocycles. The molecule has 5 heteroatoms. The average Bonchev–Trinajstić information content (AvgIpc) is 2.86. The summed E-state index contributed by atoms with van der Waals surface area (Å²) in [5, 5.41) is 3.51. The van der Waals surface area contributed by atoms with Crippen LogP contribution in [0.1, 0.15) is 24.4 Å². The number of carbonyl (C=O) groups is 1. The first kappa shape index (κ1) is 15.0. The van der Waals surface area contributed by atoms with Gasteiger partial charge in [0.15, 0.2) is 0 Å². The summed E-state index contributed by atoms with van der Waals surface area (Å²) in [6.07, 6.45) is 0.103. The standard InChI is InChI=1S/C18H18N2O3/c1-11(2)22-13-9-7-12(8-10-13)20-18(21)17-16(19)14-5-3-4-6-15(14)23-17/h3-11H,19H2,1-2H3,(H,20,21). The molecule has 0 fully saturated rings. The monoisotopic (exact) mass is 310 g/mol. The van der Waals surface area contributed by atoms with Crippen molar-refractivity contribution in [2.45, 2.75) is 20.0 Å². The summed E-state index contributed by atoms with van der Waals surface area (Å²) in [6.45, 7) is 3.92. The Morgan fingerprint density at radius 3 is 2.48 bits per heavy atom. The summed E-state index contributed by atoms with van der Waals surface area (Å²) < 4.78 is 11.1. The number of rotatable bonds is 4. The van der Waals surface area contributed by atoms with Crippen molar-refractivity contribution in [2.75, 3.05) is 11.1 Å². The fraction of sp³-hybridized carbons (Fsp3) is 0.167. The summed E-state index contributed by atoms with van der Waals surface area (Å²) in [5.74, 6) is 0.492. The van der Waals surface area contributed by atoms with Crippen molar-refractivity contribution in [3.8, 4) is 5.75 Å². The van der Waals surface area contributed by atoms with Crippen LogP contribution in [0.25, 0.3) is 11.0 Å². The van der Waals surface area contributed by atoms with Gasteiger partial charge >= 0.3 is 0 Å². The van der Waals surface area contributed by atoms with Gasteiger partial charge in [0.05, 0.1) is 11.8 Å². The summed E-state index contributed by atoms with van der Waals surface area (Å²) in [5.41, 5.74) is 7.58. The number of nitrogen functional groups attached to an aromatic ring is 1. The van der Waals surface area contributed by atoms with Crippen LogP contribution in [0, 0.1) is 0 Å². The number of para-hydroxylation sites is 1. The Morgan fingerprint density at radius 2 is 1.83 bits per heavy atom. The van der Waals surface area contributed by atoms with Crippen LogP contribution in [0.15, 0.2) is 52.9 Å². The maximum absolute atomic E-state index is 12.4. The fourth-order valence-corrected chi connectivity index (χ4v) is 2.31. The fourth-order valence-electron chi connectivity index (χ4n) is 2.31. The molecule has 2 aromatic carbocycles. The van der Waals surface area contributed by atoms with Gasteiger partial charge in [0.2, 0.25) is 5.76 Å². The maximum atomic E-state index is 12.4. The van der Waals surface area contributed by atoms with Gasteiger partial charge in [-0.1, -0.05) is 12.1 Å². The largest absolute Gasteiger partial charge is 0.491 e. The number of furan rings is 1. The third-order valence-corrected chi connectivity index (χ3v) is 3.32. The third-order valence-electron chi connectivity index (χ3n) is 3.32. The molecule has 0 spiro atoms. The number of nitrogens with one attached hydrogen (secondary N) is 1. The molecule has 0 aliphatic carbocycles. The van der Waals surface area contributed by atoms with Gasteiger partial charge in [-0.15, -0.1) is 0 Å². The molecule has 1 heterocycles. The van der Waals surface area contributed by atoms with E-state index >= 15 is 0 Å². The second-order valence-electron chi connectivity index (χ2n) is 5.49. The van der Waals surface area contributed by atoms with E-state index in [1.807, 2.05) is 32.0 Å². The number of fused-ring (bicyclic) bond motifs is 1. The van der Waals surface area contributed by atoms with Gasteiger partial charge in [-0.2, -0.15) is 0 Å². The Kier molecular flexibility index (Phi) is 3.93. The predicted molar refractivity (Wildman–Crippen MR) is 90.8 cm³/mol. The van der Waals surface area contributed by atoms with Gasteiger partial charge in [0, 0.05) is 11.1 Å². The molecule has 1 amide bonds. The third kappa shape index (κ3) is 3.13. The smallest absolute Gasteiger partial charge is 0.293 e. The van der Waals surface area contributed by atoms with Crippen molar-refractivity contribution in [3.05, 3.63) is 54.3 Å². The van der Waals surface area contributed by atoms with Gasteiger partial charge < -0.3 is 20.2 Å². The number of hydrogen-bond acceptors (Lipinski definition) is 4. The van der Waals surface area contributed by atoms with E-state index in [0.717, 1.165) is 11.1 Å². The second kappa shape index (κ2) is 6.04. The number of anilines is 2. The van der Waals surface area contributed by atoms with Crippen molar-refractivity contribution >= 4 is 28.3 Å². The number of nitrogens with two attached hydrogens (primary N) is 1. The first-order chi connectivity index (χ1) is 11.0. The molecule has 0 bridgehead atoms. The molecule has 0 radical (unpaired) electrons. The maximum Gasteiger partial charge on any atom is 0.293 e. The van der Waals surface area contributed by atoms with Crippen LogP contribution < -0.4 is 15.8 Å². The Labute approximate surface area is 134 Å². The SMILES string of the molecule is CC(C)Oc1ccc(NC(=O)c2oc3ccccc3c2N)cc1. The van der Waals surface area contributed by atoms with Crippen LogP contribution in [0.5, 0.6) is 5.75 Å². The molecule has 0 saturated carbocycles. The molecule has 3 aromatic rings. The number of hydrogen-bond donors (Lipinski definition) is 2. The molecule has 23 heavy (non-hydrogen) atoms. The molecule has 0 aliphatic rings. The Hall–Kier alpha value is -2.95.